The molecule has 0 aliphatic carbocycles. The number of nitro groups is 1. The summed E-state index contributed by atoms with van der Waals surface area (Å²) in [6.45, 7) is 7.04. The number of aryl methyl sites for hydroxylation is 1. The third kappa shape index (κ3) is 8.30. The number of hydrogen-bond acceptors (Lipinski definition) is 7. The highest BCUT2D eigenvalue weighted by atomic mass is 35.5. The number of halogens is 2. The van der Waals surface area contributed by atoms with Gasteiger partial charge in [-0.3, -0.25) is 19.7 Å². The second kappa shape index (κ2) is 13.3. The highest BCUT2D eigenvalue weighted by molar-refractivity contribution is 6.35. The molecule has 12 heteroatoms. The van der Waals surface area contributed by atoms with Crippen LogP contribution in [-0.4, -0.2) is 35.1 Å². The average molecular weight is 575 g/mol. The normalized spacial score (nSPS) is 12.8. The molecule has 0 aliphatic heterocycles. The smallest absolute Gasteiger partial charge is 0.273 e. The van der Waals surface area contributed by atoms with Crippen molar-refractivity contribution in [2.75, 3.05) is 0 Å². The summed E-state index contributed by atoms with van der Waals surface area (Å²) in [5.41, 5.74) is 3.48. The quantitative estimate of drug-likeness (QED) is 0.166. The third-order valence-corrected chi connectivity index (χ3v) is 6.12. The molecule has 3 rings (SSSR count). The Hall–Kier alpha value is -3.89. The van der Waals surface area contributed by atoms with Gasteiger partial charge in [-0.25, -0.2) is 5.43 Å². The topological polar surface area (TPSA) is 136 Å². The SMILES string of the molecule is Cc1ccc(-c2ccc(/C=N\NC(=O)[C@H](CC(C)C)NC(=O)[C@@H](C)Oc3ccc(Cl)cc3Cl)o2)cc1[N+](=O)[O-]. The first-order chi connectivity index (χ1) is 18.4. The number of furan rings is 1. The fourth-order valence-corrected chi connectivity index (χ4v) is 4.03. The summed E-state index contributed by atoms with van der Waals surface area (Å²) in [5.74, 6) is 0.0828. The number of rotatable bonds is 11. The number of hydrogen-bond donors (Lipinski definition) is 2. The molecule has 10 nitrogen and oxygen atoms in total. The van der Waals surface area contributed by atoms with Crippen molar-refractivity contribution in [2.24, 2.45) is 11.0 Å². The minimum atomic E-state index is -0.936. The van der Waals surface area contributed by atoms with E-state index in [0.29, 0.717) is 34.1 Å². The predicted octanol–water partition coefficient (Wildman–Crippen LogP) is 5.92. The number of amides is 2. The fourth-order valence-electron chi connectivity index (χ4n) is 3.58. The highest BCUT2D eigenvalue weighted by Crippen LogP contribution is 2.29. The van der Waals surface area contributed by atoms with E-state index in [1.807, 2.05) is 13.8 Å². The number of nitro benzene ring substituents is 1. The zero-order chi connectivity index (χ0) is 28.7. The molecule has 1 heterocycles. The molecule has 0 saturated heterocycles. The summed E-state index contributed by atoms with van der Waals surface area (Å²) in [4.78, 5) is 36.4. The maximum Gasteiger partial charge on any atom is 0.273 e. The van der Waals surface area contributed by atoms with Crippen molar-refractivity contribution < 1.29 is 23.7 Å². The number of nitrogens with zero attached hydrogens (tertiary/aromatic N) is 2. The molecule has 2 N–H and O–H groups in total. The zero-order valence-electron chi connectivity index (χ0n) is 21.7. The minimum Gasteiger partial charge on any atom is -0.479 e. The van der Waals surface area contributed by atoms with Gasteiger partial charge in [-0.05, 0) is 56.5 Å². The van der Waals surface area contributed by atoms with Gasteiger partial charge in [0.1, 0.15) is 23.3 Å². The molecule has 0 saturated carbocycles. The van der Waals surface area contributed by atoms with Gasteiger partial charge in [0.15, 0.2) is 6.10 Å². The number of carbonyl (C=O) groups excluding carboxylic acids is 2. The van der Waals surface area contributed by atoms with E-state index in [1.54, 1.807) is 50.2 Å². The van der Waals surface area contributed by atoms with Crippen molar-refractivity contribution >= 4 is 46.9 Å². The molecule has 0 fully saturated rings. The molecule has 2 aromatic carbocycles. The second-order valence-corrected chi connectivity index (χ2v) is 10.1. The van der Waals surface area contributed by atoms with Gasteiger partial charge in [-0.1, -0.05) is 49.2 Å². The van der Waals surface area contributed by atoms with Crippen LogP contribution in [0.2, 0.25) is 10.0 Å². The third-order valence-electron chi connectivity index (χ3n) is 5.59. The van der Waals surface area contributed by atoms with E-state index < -0.39 is 28.9 Å². The first-order valence-corrected chi connectivity index (χ1v) is 12.8. The largest absolute Gasteiger partial charge is 0.479 e. The Morgan fingerprint density at radius 2 is 1.85 bits per heavy atom. The van der Waals surface area contributed by atoms with Crippen LogP contribution in [0.4, 0.5) is 5.69 Å². The van der Waals surface area contributed by atoms with Gasteiger partial charge in [0, 0.05) is 22.2 Å². The van der Waals surface area contributed by atoms with E-state index in [0.717, 1.165) is 0 Å². The standard InChI is InChI=1S/C27H28Cl2N4O6/c1-15(2)11-22(31-26(34)17(4)38-25-9-7-19(28)13-21(25)29)27(35)32-30-14-20-8-10-24(39-20)18-6-5-16(3)23(12-18)33(36)37/h5-10,12-15,17,22H,11H2,1-4H3,(H,31,34)(H,32,35)/b30-14-/t17-,22+/m1/s1. The zero-order valence-corrected chi connectivity index (χ0v) is 23.2. The van der Waals surface area contributed by atoms with Crippen LogP contribution in [0.5, 0.6) is 5.75 Å². The van der Waals surface area contributed by atoms with Crippen LogP contribution in [0.1, 0.15) is 38.5 Å². The lowest BCUT2D eigenvalue weighted by atomic mass is 10.0. The van der Waals surface area contributed by atoms with Crippen LogP contribution in [0.3, 0.4) is 0 Å². The van der Waals surface area contributed by atoms with Crippen LogP contribution in [0, 0.1) is 23.0 Å². The van der Waals surface area contributed by atoms with E-state index in [1.165, 1.54) is 18.3 Å². The van der Waals surface area contributed by atoms with Crippen molar-refractivity contribution in [3.63, 3.8) is 0 Å². The van der Waals surface area contributed by atoms with Crippen LogP contribution in [0.15, 0.2) is 58.0 Å². The molecular weight excluding hydrogens is 547 g/mol. The van der Waals surface area contributed by atoms with Crippen molar-refractivity contribution in [1.82, 2.24) is 10.7 Å². The number of ether oxygens (including phenoxy) is 1. The van der Waals surface area contributed by atoms with Gasteiger partial charge >= 0.3 is 0 Å². The number of benzene rings is 2. The average Bonchev–Trinajstić information content (AvgIpc) is 3.33. The van der Waals surface area contributed by atoms with Crippen molar-refractivity contribution in [3.05, 3.63) is 80.0 Å². The molecule has 206 valence electrons. The molecule has 2 atom stereocenters. The summed E-state index contributed by atoms with van der Waals surface area (Å²) in [5, 5.41) is 18.5. The van der Waals surface area contributed by atoms with Crippen LogP contribution >= 0.6 is 23.2 Å². The fraction of sp³-hybridized carbons (Fsp3) is 0.296. The summed E-state index contributed by atoms with van der Waals surface area (Å²) < 4.78 is 11.3. The van der Waals surface area contributed by atoms with Gasteiger partial charge in [-0.2, -0.15) is 5.10 Å². The summed E-state index contributed by atoms with van der Waals surface area (Å²) >= 11 is 12.0. The van der Waals surface area contributed by atoms with E-state index in [2.05, 4.69) is 15.8 Å². The van der Waals surface area contributed by atoms with Gasteiger partial charge in [-0.15, -0.1) is 0 Å². The summed E-state index contributed by atoms with van der Waals surface area (Å²) in [7, 11) is 0. The molecule has 39 heavy (non-hydrogen) atoms. The lowest BCUT2D eigenvalue weighted by molar-refractivity contribution is -0.385. The molecule has 0 aliphatic rings. The Morgan fingerprint density at radius 3 is 2.51 bits per heavy atom. The van der Waals surface area contributed by atoms with Gasteiger partial charge in [0.2, 0.25) is 0 Å². The number of hydrazone groups is 1. The maximum atomic E-state index is 12.8. The predicted molar refractivity (Wildman–Crippen MR) is 149 cm³/mol. The van der Waals surface area contributed by atoms with Crippen LogP contribution in [-0.2, 0) is 9.59 Å². The van der Waals surface area contributed by atoms with Crippen LogP contribution in [0.25, 0.3) is 11.3 Å². The Labute approximate surface area is 235 Å². The van der Waals surface area contributed by atoms with Gasteiger partial charge in [0.05, 0.1) is 16.2 Å². The molecular formula is C27H28Cl2N4O6. The Morgan fingerprint density at radius 1 is 1.10 bits per heavy atom. The first kappa shape index (κ1) is 29.7. The van der Waals surface area contributed by atoms with Crippen molar-refractivity contribution in [2.45, 2.75) is 46.3 Å². The van der Waals surface area contributed by atoms with E-state index in [-0.39, 0.29) is 22.4 Å². The van der Waals surface area contributed by atoms with Gasteiger partial charge in [0.25, 0.3) is 17.5 Å². The molecule has 2 amide bonds. The molecule has 3 aromatic rings. The lowest BCUT2D eigenvalue weighted by Gasteiger charge is -2.22. The number of carbonyl (C=O) groups is 2. The maximum absolute atomic E-state index is 12.8. The van der Waals surface area contributed by atoms with Crippen molar-refractivity contribution in [3.8, 4) is 17.1 Å². The second-order valence-electron chi connectivity index (χ2n) is 9.22. The minimum absolute atomic E-state index is 0.0133. The lowest BCUT2D eigenvalue weighted by Crippen LogP contribution is -2.49. The monoisotopic (exact) mass is 574 g/mol. The molecule has 0 bridgehead atoms. The van der Waals surface area contributed by atoms with E-state index in [9.17, 15) is 19.7 Å². The number of nitrogens with one attached hydrogen (secondary N) is 2. The molecule has 0 unspecified atom stereocenters. The Kier molecular flexibility index (Phi) is 10.1. The summed E-state index contributed by atoms with van der Waals surface area (Å²) in [6.07, 6.45) is 0.722. The Balaban J connectivity index is 1.63. The molecule has 0 radical (unpaired) electrons. The van der Waals surface area contributed by atoms with E-state index in [4.69, 9.17) is 32.4 Å². The molecule has 0 spiro atoms. The molecule has 1 aromatic heterocycles. The highest BCUT2D eigenvalue weighted by Gasteiger charge is 2.25. The van der Waals surface area contributed by atoms with Gasteiger partial charge < -0.3 is 14.5 Å². The van der Waals surface area contributed by atoms with E-state index >= 15 is 0 Å². The Bertz CT molecular complexity index is 1390. The first-order valence-electron chi connectivity index (χ1n) is 12.0. The van der Waals surface area contributed by atoms with Crippen LogP contribution < -0.4 is 15.5 Å². The summed E-state index contributed by atoms with van der Waals surface area (Å²) in [6, 6.07) is 11.8. The van der Waals surface area contributed by atoms with Crippen molar-refractivity contribution in [1.29, 1.82) is 0 Å².